The first-order valence-electron chi connectivity index (χ1n) is 5.15. The highest BCUT2D eigenvalue weighted by atomic mass is 16.2. The smallest absolute Gasteiger partial charge is 0.314 e. The maximum absolute atomic E-state index is 11.0. The van der Waals surface area contributed by atoms with Crippen LogP contribution in [0.25, 0.3) is 0 Å². The Labute approximate surface area is 89.7 Å². The third-order valence-corrected chi connectivity index (χ3v) is 2.54. The summed E-state index contributed by atoms with van der Waals surface area (Å²) in [5, 5.41) is 12.6. The van der Waals surface area contributed by atoms with Crippen LogP contribution in [-0.2, 0) is 0 Å². The standard InChI is InChI=1S/C9H19N5O/c1-12-9(15)13-7-2-4-14(5-3-7)6-8(10)11/h7H,2-6H2,1H3,(H3,10,11)(H2,12,13,15). The summed E-state index contributed by atoms with van der Waals surface area (Å²) in [6, 6.07) is 0.119. The minimum absolute atomic E-state index is 0.125. The zero-order chi connectivity index (χ0) is 11.3. The number of hydrogen-bond donors (Lipinski definition) is 4. The average Bonchev–Trinajstić information content (AvgIpc) is 2.20. The molecule has 1 aliphatic rings. The van der Waals surface area contributed by atoms with E-state index < -0.39 is 0 Å². The van der Waals surface area contributed by atoms with E-state index in [0.29, 0.717) is 6.54 Å². The van der Waals surface area contributed by atoms with Crippen LogP contribution in [0.2, 0.25) is 0 Å². The fourth-order valence-electron chi connectivity index (χ4n) is 1.73. The molecular formula is C9H19N5O. The topological polar surface area (TPSA) is 94.2 Å². The number of carbonyl (C=O) groups excluding carboxylic acids is 1. The van der Waals surface area contributed by atoms with Crippen molar-refractivity contribution in [2.45, 2.75) is 18.9 Å². The summed E-state index contributed by atoms with van der Waals surface area (Å²) in [6.07, 6.45) is 1.83. The Hall–Kier alpha value is -1.30. The lowest BCUT2D eigenvalue weighted by molar-refractivity contribution is 0.208. The summed E-state index contributed by atoms with van der Waals surface area (Å²) < 4.78 is 0. The molecule has 0 aromatic heterocycles. The predicted molar refractivity (Wildman–Crippen MR) is 59.0 cm³/mol. The van der Waals surface area contributed by atoms with Gasteiger partial charge in [-0.25, -0.2) is 4.79 Å². The average molecular weight is 213 g/mol. The number of nitrogens with two attached hydrogens (primary N) is 1. The van der Waals surface area contributed by atoms with E-state index in [9.17, 15) is 4.79 Å². The zero-order valence-electron chi connectivity index (χ0n) is 9.05. The van der Waals surface area contributed by atoms with Crippen LogP contribution >= 0.6 is 0 Å². The van der Waals surface area contributed by atoms with Crippen LogP contribution in [-0.4, -0.2) is 49.5 Å². The summed E-state index contributed by atoms with van der Waals surface area (Å²) in [7, 11) is 1.61. The van der Waals surface area contributed by atoms with Crippen LogP contribution in [0.5, 0.6) is 0 Å². The van der Waals surface area contributed by atoms with Crippen molar-refractivity contribution >= 4 is 11.9 Å². The van der Waals surface area contributed by atoms with Gasteiger partial charge in [-0.1, -0.05) is 0 Å². The number of piperidine rings is 1. The lowest BCUT2D eigenvalue weighted by Crippen LogP contribution is -2.48. The van der Waals surface area contributed by atoms with Gasteiger partial charge in [0.25, 0.3) is 0 Å². The van der Waals surface area contributed by atoms with E-state index in [0.717, 1.165) is 25.9 Å². The van der Waals surface area contributed by atoms with Gasteiger partial charge < -0.3 is 16.4 Å². The van der Waals surface area contributed by atoms with Crippen LogP contribution in [0.4, 0.5) is 4.79 Å². The van der Waals surface area contributed by atoms with Gasteiger partial charge in [-0.05, 0) is 12.8 Å². The molecule has 0 radical (unpaired) electrons. The van der Waals surface area contributed by atoms with Gasteiger partial charge in [0.05, 0.1) is 6.54 Å². The fraction of sp³-hybridized carbons (Fsp3) is 0.778. The van der Waals surface area contributed by atoms with Crippen molar-refractivity contribution in [2.75, 3.05) is 26.7 Å². The Bertz CT molecular complexity index is 235. The van der Waals surface area contributed by atoms with E-state index in [1.807, 2.05) is 0 Å². The Morgan fingerprint density at radius 1 is 1.53 bits per heavy atom. The minimum Gasteiger partial charge on any atom is -0.387 e. The molecule has 0 unspecified atom stereocenters. The highest BCUT2D eigenvalue weighted by Gasteiger charge is 2.20. The molecule has 0 aromatic rings. The van der Waals surface area contributed by atoms with Crippen molar-refractivity contribution < 1.29 is 4.79 Å². The number of urea groups is 1. The molecule has 5 N–H and O–H groups in total. The van der Waals surface area contributed by atoms with E-state index in [1.165, 1.54) is 0 Å². The number of amides is 2. The molecule has 0 aromatic carbocycles. The number of rotatable bonds is 3. The first kappa shape index (κ1) is 11.8. The van der Waals surface area contributed by atoms with Crippen molar-refractivity contribution in [3.63, 3.8) is 0 Å². The van der Waals surface area contributed by atoms with Crippen molar-refractivity contribution in [1.82, 2.24) is 15.5 Å². The molecule has 1 fully saturated rings. The molecule has 0 atom stereocenters. The molecule has 1 heterocycles. The van der Waals surface area contributed by atoms with Gasteiger partial charge in [-0.15, -0.1) is 0 Å². The number of likely N-dealkylation sites (tertiary alicyclic amines) is 1. The Kier molecular flexibility index (Phi) is 4.36. The molecule has 6 heteroatoms. The summed E-state index contributed by atoms with van der Waals surface area (Å²) in [6.45, 7) is 2.30. The van der Waals surface area contributed by atoms with Gasteiger partial charge >= 0.3 is 6.03 Å². The van der Waals surface area contributed by atoms with Crippen molar-refractivity contribution in [3.8, 4) is 0 Å². The van der Waals surface area contributed by atoms with E-state index in [4.69, 9.17) is 11.1 Å². The lowest BCUT2D eigenvalue weighted by Gasteiger charge is -2.31. The highest BCUT2D eigenvalue weighted by molar-refractivity contribution is 5.79. The number of carbonyl (C=O) groups is 1. The lowest BCUT2D eigenvalue weighted by atomic mass is 10.1. The van der Waals surface area contributed by atoms with E-state index in [2.05, 4.69) is 15.5 Å². The van der Waals surface area contributed by atoms with Gasteiger partial charge in [0.2, 0.25) is 0 Å². The summed E-state index contributed by atoms with van der Waals surface area (Å²) in [4.78, 5) is 13.2. The molecule has 86 valence electrons. The van der Waals surface area contributed by atoms with E-state index in [1.54, 1.807) is 7.05 Å². The van der Waals surface area contributed by atoms with Crippen LogP contribution in [0, 0.1) is 5.41 Å². The summed E-state index contributed by atoms with van der Waals surface area (Å²) in [5.74, 6) is 0.202. The Morgan fingerprint density at radius 3 is 2.60 bits per heavy atom. The van der Waals surface area contributed by atoms with Gasteiger partial charge in [0, 0.05) is 26.2 Å². The van der Waals surface area contributed by atoms with Gasteiger partial charge in [0.1, 0.15) is 5.84 Å². The van der Waals surface area contributed by atoms with Crippen LogP contribution < -0.4 is 16.4 Å². The van der Waals surface area contributed by atoms with Gasteiger partial charge in [-0.2, -0.15) is 0 Å². The molecule has 0 aliphatic carbocycles. The molecule has 2 amide bonds. The van der Waals surface area contributed by atoms with Crippen molar-refractivity contribution in [1.29, 1.82) is 5.41 Å². The first-order valence-corrected chi connectivity index (χ1v) is 5.15. The van der Waals surface area contributed by atoms with Crippen LogP contribution in [0.15, 0.2) is 0 Å². The van der Waals surface area contributed by atoms with E-state index in [-0.39, 0.29) is 17.9 Å². The second-order valence-corrected chi connectivity index (χ2v) is 3.80. The Morgan fingerprint density at radius 2 is 2.13 bits per heavy atom. The summed E-state index contributed by atoms with van der Waals surface area (Å²) >= 11 is 0. The maximum Gasteiger partial charge on any atom is 0.314 e. The fourth-order valence-corrected chi connectivity index (χ4v) is 1.73. The van der Waals surface area contributed by atoms with Crippen molar-refractivity contribution in [2.24, 2.45) is 5.73 Å². The number of amidine groups is 1. The second kappa shape index (κ2) is 5.55. The maximum atomic E-state index is 11.0. The molecule has 6 nitrogen and oxygen atoms in total. The highest BCUT2D eigenvalue weighted by Crippen LogP contribution is 2.09. The SMILES string of the molecule is CNC(=O)NC1CCN(CC(=N)N)CC1. The zero-order valence-corrected chi connectivity index (χ0v) is 9.05. The number of hydrogen-bond acceptors (Lipinski definition) is 3. The number of nitrogens with one attached hydrogen (secondary N) is 3. The molecule has 1 saturated heterocycles. The first-order chi connectivity index (χ1) is 7.11. The van der Waals surface area contributed by atoms with Gasteiger partial charge in [-0.3, -0.25) is 10.3 Å². The second-order valence-electron chi connectivity index (χ2n) is 3.80. The minimum atomic E-state index is -0.125. The Balaban J connectivity index is 2.23. The largest absolute Gasteiger partial charge is 0.387 e. The molecule has 1 rings (SSSR count). The number of nitrogens with zero attached hydrogens (tertiary/aromatic N) is 1. The van der Waals surface area contributed by atoms with Crippen LogP contribution in [0.3, 0.4) is 0 Å². The molecule has 1 aliphatic heterocycles. The van der Waals surface area contributed by atoms with Crippen LogP contribution in [0.1, 0.15) is 12.8 Å². The normalized spacial score (nSPS) is 18.5. The molecule has 15 heavy (non-hydrogen) atoms. The molecule has 0 spiro atoms. The monoisotopic (exact) mass is 213 g/mol. The van der Waals surface area contributed by atoms with Crippen molar-refractivity contribution in [3.05, 3.63) is 0 Å². The molecular weight excluding hydrogens is 194 g/mol. The molecule has 0 bridgehead atoms. The quantitative estimate of drug-likeness (QED) is 0.369. The molecule has 0 saturated carbocycles. The third kappa shape index (κ3) is 4.16. The van der Waals surface area contributed by atoms with E-state index >= 15 is 0 Å². The predicted octanol–water partition coefficient (Wildman–Crippen LogP) is -0.684. The summed E-state index contributed by atoms with van der Waals surface area (Å²) in [5.41, 5.74) is 5.32. The third-order valence-electron chi connectivity index (χ3n) is 2.54. The van der Waals surface area contributed by atoms with Gasteiger partial charge in [0.15, 0.2) is 0 Å².